The van der Waals surface area contributed by atoms with Crippen LogP contribution in [0.3, 0.4) is 0 Å². The fourth-order valence-electron chi connectivity index (χ4n) is 2.37. The minimum atomic E-state index is -0.0286. The van der Waals surface area contributed by atoms with E-state index in [-0.39, 0.29) is 5.91 Å². The van der Waals surface area contributed by atoms with Gasteiger partial charge >= 0.3 is 0 Å². The molecule has 0 bridgehead atoms. The molecule has 1 saturated heterocycles. The number of carbonyl (C=O) groups is 1. The lowest BCUT2D eigenvalue weighted by molar-refractivity contribution is 0.0948. The van der Waals surface area contributed by atoms with E-state index in [2.05, 4.69) is 10.3 Å². The van der Waals surface area contributed by atoms with E-state index in [1.54, 1.807) is 0 Å². The quantitative estimate of drug-likeness (QED) is 0.945. The van der Waals surface area contributed by atoms with Crippen molar-refractivity contribution in [3.8, 4) is 10.6 Å². The summed E-state index contributed by atoms with van der Waals surface area (Å²) >= 11 is 1.45. The van der Waals surface area contributed by atoms with Gasteiger partial charge in [-0.3, -0.25) is 4.79 Å². The van der Waals surface area contributed by atoms with E-state index in [1.807, 2.05) is 37.3 Å². The third-order valence-corrected chi connectivity index (χ3v) is 4.80. The van der Waals surface area contributed by atoms with Crippen molar-refractivity contribution in [3.05, 3.63) is 40.9 Å². The standard InChI is InChI=1S/C16H18N2O2S/c1-11-14(15(19)17-9-12-7-8-20-10-12)21-16(18-11)13-5-3-2-4-6-13/h2-6,12H,7-10H2,1H3,(H,17,19). The first-order valence-electron chi connectivity index (χ1n) is 7.13. The van der Waals surface area contributed by atoms with Gasteiger partial charge in [0, 0.05) is 24.6 Å². The van der Waals surface area contributed by atoms with Crippen LogP contribution in [0, 0.1) is 12.8 Å². The predicted octanol–water partition coefficient (Wildman–Crippen LogP) is 2.88. The van der Waals surface area contributed by atoms with Gasteiger partial charge < -0.3 is 10.1 Å². The van der Waals surface area contributed by atoms with E-state index in [1.165, 1.54) is 11.3 Å². The van der Waals surface area contributed by atoms with Gasteiger partial charge in [0.2, 0.25) is 0 Å². The van der Waals surface area contributed by atoms with Crippen LogP contribution >= 0.6 is 11.3 Å². The van der Waals surface area contributed by atoms with Gasteiger partial charge in [0.1, 0.15) is 9.88 Å². The molecule has 21 heavy (non-hydrogen) atoms. The maximum absolute atomic E-state index is 12.3. The summed E-state index contributed by atoms with van der Waals surface area (Å²) in [5.41, 5.74) is 1.84. The van der Waals surface area contributed by atoms with Crippen molar-refractivity contribution in [2.45, 2.75) is 13.3 Å². The highest BCUT2D eigenvalue weighted by molar-refractivity contribution is 7.17. The largest absolute Gasteiger partial charge is 0.381 e. The number of aromatic nitrogens is 1. The summed E-state index contributed by atoms with van der Waals surface area (Å²) in [5, 5.41) is 3.89. The molecule has 1 aliphatic rings. The van der Waals surface area contributed by atoms with E-state index >= 15 is 0 Å². The highest BCUT2D eigenvalue weighted by atomic mass is 32.1. The second kappa shape index (κ2) is 6.37. The van der Waals surface area contributed by atoms with Crippen molar-refractivity contribution in [2.24, 2.45) is 5.92 Å². The first-order chi connectivity index (χ1) is 10.2. The van der Waals surface area contributed by atoms with E-state index in [0.29, 0.717) is 17.3 Å². The highest BCUT2D eigenvalue weighted by Gasteiger charge is 2.19. The first kappa shape index (κ1) is 14.2. The van der Waals surface area contributed by atoms with Gasteiger partial charge in [-0.15, -0.1) is 11.3 Å². The predicted molar refractivity (Wildman–Crippen MR) is 83.5 cm³/mol. The van der Waals surface area contributed by atoms with Crippen LogP contribution in [-0.4, -0.2) is 30.6 Å². The number of nitrogens with zero attached hydrogens (tertiary/aromatic N) is 1. The Kier molecular flexibility index (Phi) is 4.31. The number of aryl methyl sites for hydroxylation is 1. The lowest BCUT2D eigenvalue weighted by Crippen LogP contribution is -2.29. The van der Waals surface area contributed by atoms with E-state index < -0.39 is 0 Å². The Labute approximate surface area is 128 Å². The lowest BCUT2D eigenvalue weighted by atomic mass is 10.1. The number of nitrogens with one attached hydrogen (secondary N) is 1. The Balaban J connectivity index is 1.70. The number of thiazole rings is 1. The number of benzene rings is 1. The molecule has 4 nitrogen and oxygen atoms in total. The summed E-state index contributed by atoms with van der Waals surface area (Å²) in [6.07, 6.45) is 1.03. The Morgan fingerprint density at radius 3 is 2.95 bits per heavy atom. The monoisotopic (exact) mass is 302 g/mol. The number of ether oxygens (including phenoxy) is 1. The molecular formula is C16H18N2O2S. The Hall–Kier alpha value is -1.72. The number of carbonyl (C=O) groups excluding carboxylic acids is 1. The van der Waals surface area contributed by atoms with Crippen LogP contribution in [0.2, 0.25) is 0 Å². The molecule has 0 aliphatic carbocycles. The van der Waals surface area contributed by atoms with Crippen molar-refractivity contribution in [1.29, 1.82) is 0 Å². The molecule has 1 aliphatic heterocycles. The summed E-state index contributed by atoms with van der Waals surface area (Å²) < 4.78 is 5.32. The average Bonchev–Trinajstić information content (AvgIpc) is 3.15. The van der Waals surface area contributed by atoms with Crippen molar-refractivity contribution >= 4 is 17.2 Å². The summed E-state index contributed by atoms with van der Waals surface area (Å²) in [7, 11) is 0. The number of hydrogen-bond acceptors (Lipinski definition) is 4. The van der Waals surface area contributed by atoms with Gasteiger partial charge in [-0.05, 0) is 13.3 Å². The van der Waals surface area contributed by atoms with Gasteiger partial charge in [0.15, 0.2) is 0 Å². The molecule has 1 fully saturated rings. The first-order valence-corrected chi connectivity index (χ1v) is 7.94. The highest BCUT2D eigenvalue weighted by Crippen LogP contribution is 2.27. The second-order valence-corrected chi connectivity index (χ2v) is 6.24. The Morgan fingerprint density at radius 2 is 2.24 bits per heavy atom. The molecule has 1 atom stereocenters. The smallest absolute Gasteiger partial charge is 0.263 e. The van der Waals surface area contributed by atoms with Gasteiger partial charge in [0.25, 0.3) is 5.91 Å². The molecule has 1 aromatic heterocycles. The van der Waals surface area contributed by atoms with Crippen LogP contribution in [-0.2, 0) is 4.74 Å². The maximum atomic E-state index is 12.3. The van der Waals surface area contributed by atoms with Crippen LogP contribution in [0.1, 0.15) is 21.8 Å². The molecule has 2 aromatic rings. The third kappa shape index (κ3) is 3.31. The molecule has 0 saturated carbocycles. The van der Waals surface area contributed by atoms with Crippen LogP contribution in [0.25, 0.3) is 10.6 Å². The normalized spacial score (nSPS) is 17.9. The van der Waals surface area contributed by atoms with E-state index in [0.717, 1.165) is 35.9 Å². The zero-order valence-electron chi connectivity index (χ0n) is 12.0. The zero-order valence-corrected chi connectivity index (χ0v) is 12.8. The summed E-state index contributed by atoms with van der Waals surface area (Å²) in [5.74, 6) is 0.412. The van der Waals surface area contributed by atoms with E-state index in [4.69, 9.17) is 4.74 Å². The molecular weight excluding hydrogens is 284 g/mol. The van der Waals surface area contributed by atoms with Crippen LogP contribution < -0.4 is 5.32 Å². The van der Waals surface area contributed by atoms with Crippen LogP contribution in [0.4, 0.5) is 0 Å². The molecule has 0 radical (unpaired) electrons. The van der Waals surface area contributed by atoms with Crippen molar-refractivity contribution in [3.63, 3.8) is 0 Å². The average molecular weight is 302 g/mol. The molecule has 1 aromatic carbocycles. The molecule has 2 heterocycles. The van der Waals surface area contributed by atoms with Gasteiger partial charge in [-0.2, -0.15) is 0 Å². The number of amides is 1. The van der Waals surface area contributed by atoms with Crippen LogP contribution in [0.5, 0.6) is 0 Å². The van der Waals surface area contributed by atoms with E-state index in [9.17, 15) is 4.79 Å². The zero-order chi connectivity index (χ0) is 14.7. The summed E-state index contributed by atoms with van der Waals surface area (Å²) in [6.45, 7) is 4.11. The fraction of sp³-hybridized carbons (Fsp3) is 0.375. The number of rotatable bonds is 4. The van der Waals surface area contributed by atoms with Gasteiger partial charge in [0.05, 0.1) is 12.3 Å². The topological polar surface area (TPSA) is 51.2 Å². The van der Waals surface area contributed by atoms with Gasteiger partial charge in [-0.25, -0.2) is 4.98 Å². The second-order valence-electron chi connectivity index (χ2n) is 5.24. The SMILES string of the molecule is Cc1nc(-c2ccccc2)sc1C(=O)NCC1CCOC1. The lowest BCUT2D eigenvalue weighted by Gasteiger charge is -2.08. The Morgan fingerprint density at radius 1 is 1.43 bits per heavy atom. The Bertz CT molecular complexity index is 618. The van der Waals surface area contributed by atoms with Crippen molar-refractivity contribution in [1.82, 2.24) is 10.3 Å². The molecule has 0 spiro atoms. The minimum Gasteiger partial charge on any atom is -0.381 e. The minimum absolute atomic E-state index is 0.0286. The fourth-order valence-corrected chi connectivity index (χ4v) is 3.36. The summed E-state index contributed by atoms with van der Waals surface area (Å²) in [6, 6.07) is 9.95. The maximum Gasteiger partial charge on any atom is 0.263 e. The summed E-state index contributed by atoms with van der Waals surface area (Å²) in [4.78, 5) is 17.5. The number of hydrogen-bond donors (Lipinski definition) is 1. The van der Waals surface area contributed by atoms with Crippen LogP contribution in [0.15, 0.2) is 30.3 Å². The molecule has 3 rings (SSSR count). The molecule has 110 valence electrons. The van der Waals surface area contributed by atoms with Gasteiger partial charge in [-0.1, -0.05) is 30.3 Å². The van der Waals surface area contributed by atoms with Crippen molar-refractivity contribution < 1.29 is 9.53 Å². The third-order valence-electron chi connectivity index (χ3n) is 3.60. The van der Waals surface area contributed by atoms with Crippen molar-refractivity contribution in [2.75, 3.05) is 19.8 Å². The molecule has 1 amide bonds. The molecule has 1 N–H and O–H groups in total. The molecule has 1 unspecified atom stereocenters. The molecule has 5 heteroatoms.